The maximum absolute atomic E-state index is 13.7. The second kappa shape index (κ2) is 17.5. The molecule has 1 saturated carbocycles. The standard InChI is InChI=1S/C41H48N12O7/c1-5-52-30(16-23(3)48-52)38(57)46-40-44-28-18-26(36(42)55)20-32(59-15-9-14-54)34(28)50(40)12-7-8-13-51-35-29(19-27(37(43)56)21-33(35)60-22-25-10-11-25)45-41(51)47-39(58)31-17-24(4)49-53(31)6-2/h7-8,16-21,25,54H,5-6,9-15,22H2,1-4H3,(H2,42,55)(H2,43,56)(H,44,46,57)(H,45,47,58)/b8-7+. The number of primary amides is 2. The van der Waals surface area contributed by atoms with Crippen LogP contribution in [0.4, 0.5) is 11.9 Å². The number of ether oxygens (including phenoxy) is 2. The van der Waals surface area contributed by atoms with E-state index in [2.05, 4.69) is 20.8 Å². The molecule has 0 radical (unpaired) electrons. The van der Waals surface area contributed by atoms with Crippen LogP contribution in [0.15, 0.2) is 48.6 Å². The Balaban J connectivity index is 1.29. The normalized spacial score (nSPS) is 12.8. The molecule has 4 amide bonds. The van der Waals surface area contributed by atoms with Gasteiger partial charge in [0.1, 0.15) is 33.9 Å². The van der Waals surface area contributed by atoms with E-state index in [9.17, 15) is 24.3 Å². The van der Waals surface area contributed by atoms with E-state index >= 15 is 0 Å². The fourth-order valence-electron chi connectivity index (χ4n) is 6.88. The first-order valence-electron chi connectivity index (χ1n) is 19.8. The number of nitrogens with two attached hydrogens (primary N) is 2. The van der Waals surface area contributed by atoms with E-state index in [1.807, 2.05) is 26.0 Å². The zero-order valence-corrected chi connectivity index (χ0v) is 33.9. The predicted octanol–water partition coefficient (Wildman–Crippen LogP) is 3.94. The summed E-state index contributed by atoms with van der Waals surface area (Å²) in [6, 6.07) is 9.56. The fraction of sp³-hybridized carbons (Fsp3) is 0.366. The summed E-state index contributed by atoms with van der Waals surface area (Å²) in [7, 11) is 0. The van der Waals surface area contributed by atoms with Gasteiger partial charge in [0, 0.05) is 50.3 Å². The summed E-state index contributed by atoms with van der Waals surface area (Å²) < 4.78 is 19.0. The predicted molar refractivity (Wildman–Crippen MR) is 222 cm³/mol. The number of aliphatic hydroxyl groups is 1. The molecule has 0 aliphatic heterocycles. The van der Waals surface area contributed by atoms with Crippen molar-refractivity contribution < 1.29 is 33.8 Å². The van der Waals surface area contributed by atoms with E-state index < -0.39 is 23.6 Å². The topological polar surface area (TPSA) is 254 Å². The van der Waals surface area contributed by atoms with Crippen LogP contribution in [-0.4, -0.2) is 87.2 Å². The van der Waals surface area contributed by atoms with Crippen LogP contribution in [0.2, 0.25) is 0 Å². The first-order chi connectivity index (χ1) is 28.9. The minimum absolute atomic E-state index is 0.114. The summed E-state index contributed by atoms with van der Waals surface area (Å²) in [5.41, 5.74) is 15.5. The number of benzene rings is 2. The van der Waals surface area contributed by atoms with Gasteiger partial charge in [0.25, 0.3) is 11.8 Å². The number of imidazole rings is 2. The lowest BCUT2D eigenvalue weighted by atomic mass is 10.1. The highest BCUT2D eigenvalue weighted by Gasteiger charge is 2.26. The van der Waals surface area contributed by atoms with Gasteiger partial charge >= 0.3 is 0 Å². The lowest BCUT2D eigenvalue weighted by molar-refractivity contribution is 0.0991. The molecule has 7 N–H and O–H groups in total. The highest BCUT2D eigenvalue weighted by atomic mass is 16.5. The second-order valence-corrected chi connectivity index (χ2v) is 14.5. The third kappa shape index (κ3) is 8.70. The third-order valence-electron chi connectivity index (χ3n) is 9.98. The molecule has 0 bridgehead atoms. The zero-order chi connectivity index (χ0) is 42.7. The van der Waals surface area contributed by atoms with Gasteiger partial charge in [-0.3, -0.25) is 39.2 Å². The van der Waals surface area contributed by atoms with Crippen molar-refractivity contribution in [3.8, 4) is 11.5 Å². The molecule has 0 saturated heterocycles. The van der Waals surface area contributed by atoms with Gasteiger partial charge in [-0.2, -0.15) is 10.2 Å². The van der Waals surface area contributed by atoms with E-state index in [0.29, 0.717) is 82.6 Å². The Morgan fingerprint density at radius 1 is 0.750 bits per heavy atom. The molecule has 1 aliphatic rings. The van der Waals surface area contributed by atoms with E-state index in [1.165, 1.54) is 12.1 Å². The highest BCUT2D eigenvalue weighted by Crippen LogP contribution is 2.35. The summed E-state index contributed by atoms with van der Waals surface area (Å²) in [5.74, 6) is -0.797. The Morgan fingerprint density at radius 3 is 1.63 bits per heavy atom. The van der Waals surface area contributed by atoms with Crippen LogP contribution in [-0.2, 0) is 26.2 Å². The van der Waals surface area contributed by atoms with Gasteiger partial charge in [0.05, 0.1) is 35.6 Å². The molecule has 4 aromatic heterocycles. The minimum Gasteiger partial charge on any atom is -0.491 e. The van der Waals surface area contributed by atoms with Crippen molar-refractivity contribution in [2.24, 2.45) is 17.4 Å². The van der Waals surface area contributed by atoms with Gasteiger partial charge in [-0.25, -0.2) is 9.97 Å². The molecule has 0 unspecified atom stereocenters. The monoisotopic (exact) mass is 820 g/mol. The van der Waals surface area contributed by atoms with Gasteiger partial charge in [-0.05, 0) is 82.9 Å². The molecule has 1 fully saturated rings. The lowest BCUT2D eigenvalue weighted by Gasteiger charge is -2.13. The summed E-state index contributed by atoms with van der Waals surface area (Å²) in [6.07, 6.45) is 6.09. The number of carbonyl (C=O) groups excluding carboxylic acids is 4. The molecular weight excluding hydrogens is 773 g/mol. The van der Waals surface area contributed by atoms with Crippen LogP contribution in [0.25, 0.3) is 22.1 Å². The van der Waals surface area contributed by atoms with Crippen LogP contribution < -0.4 is 31.6 Å². The number of allylic oxidation sites excluding steroid dienone is 2. The lowest BCUT2D eigenvalue weighted by Crippen LogP contribution is -2.20. The summed E-state index contributed by atoms with van der Waals surface area (Å²) in [6.45, 7) is 9.08. The molecule has 0 spiro atoms. The zero-order valence-electron chi connectivity index (χ0n) is 33.9. The van der Waals surface area contributed by atoms with Crippen LogP contribution >= 0.6 is 0 Å². The van der Waals surface area contributed by atoms with Crippen LogP contribution in [0.5, 0.6) is 11.5 Å². The van der Waals surface area contributed by atoms with Crippen molar-refractivity contribution in [2.75, 3.05) is 30.5 Å². The number of hydrogen-bond acceptors (Lipinski definition) is 11. The Bertz CT molecular complexity index is 2650. The van der Waals surface area contributed by atoms with Crippen molar-refractivity contribution in [2.45, 2.75) is 73.1 Å². The van der Waals surface area contributed by atoms with E-state index in [0.717, 1.165) is 12.8 Å². The maximum atomic E-state index is 13.7. The Hall–Kier alpha value is -7.02. The van der Waals surface area contributed by atoms with Gasteiger partial charge in [-0.15, -0.1) is 0 Å². The largest absolute Gasteiger partial charge is 0.491 e. The first-order valence-corrected chi connectivity index (χ1v) is 19.8. The third-order valence-corrected chi connectivity index (χ3v) is 9.98. The molecular formula is C41H48N12O7. The Kier molecular flexibility index (Phi) is 12.0. The summed E-state index contributed by atoms with van der Waals surface area (Å²) in [5, 5.41) is 24.1. The number of hydrogen-bond donors (Lipinski definition) is 5. The number of aryl methyl sites for hydroxylation is 4. The maximum Gasteiger partial charge on any atom is 0.276 e. The van der Waals surface area contributed by atoms with Gasteiger partial charge in [0.15, 0.2) is 0 Å². The number of fused-ring (bicyclic) bond motifs is 2. The Labute approximate surface area is 344 Å². The molecule has 19 heteroatoms. The SMILES string of the molecule is CCn1nc(C)cc1C(=O)Nc1nc2cc(C(N)=O)cc(OCCCO)c2n1C/C=C/Cn1c(NC(=O)c2cc(C)nn2CC)nc2cc(C(N)=O)cc(OCC3CC3)c21. The average Bonchev–Trinajstić information content (AvgIpc) is 3.50. The number of rotatable bonds is 19. The van der Waals surface area contributed by atoms with Gasteiger partial charge in [0.2, 0.25) is 23.7 Å². The summed E-state index contributed by atoms with van der Waals surface area (Å²) >= 11 is 0. The molecule has 314 valence electrons. The van der Waals surface area contributed by atoms with Crippen LogP contribution in [0.1, 0.15) is 86.2 Å². The smallest absolute Gasteiger partial charge is 0.276 e. The highest BCUT2D eigenvalue weighted by molar-refractivity contribution is 6.05. The molecule has 4 heterocycles. The number of anilines is 2. The number of nitrogens with one attached hydrogen (secondary N) is 2. The molecule has 60 heavy (non-hydrogen) atoms. The molecule has 7 rings (SSSR count). The number of aromatic nitrogens is 8. The minimum atomic E-state index is -0.695. The van der Waals surface area contributed by atoms with Crippen molar-refractivity contribution >= 4 is 57.6 Å². The Morgan fingerprint density at radius 2 is 1.22 bits per heavy atom. The van der Waals surface area contributed by atoms with Crippen LogP contribution in [0, 0.1) is 19.8 Å². The van der Waals surface area contributed by atoms with Crippen molar-refractivity contribution in [3.05, 3.63) is 82.5 Å². The quantitative estimate of drug-likeness (QED) is 0.0578. The number of nitrogens with zero attached hydrogens (tertiary/aromatic N) is 8. The van der Waals surface area contributed by atoms with E-state index in [1.54, 1.807) is 56.6 Å². The molecule has 1 aliphatic carbocycles. The number of carbonyl (C=O) groups is 4. The van der Waals surface area contributed by atoms with E-state index in [4.69, 9.17) is 30.9 Å². The van der Waals surface area contributed by atoms with Crippen molar-refractivity contribution in [1.29, 1.82) is 0 Å². The van der Waals surface area contributed by atoms with Gasteiger partial charge < -0.3 is 35.2 Å². The van der Waals surface area contributed by atoms with Crippen molar-refractivity contribution in [3.63, 3.8) is 0 Å². The molecule has 6 aromatic rings. The average molecular weight is 821 g/mol. The second-order valence-electron chi connectivity index (χ2n) is 14.5. The first kappa shape index (κ1) is 41.2. The van der Waals surface area contributed by atoms with Crippen LogP contribution in [0.3, 0.4) is 0 Å². The number of amides is 4. The molecule has 19 nitrogen and oxygen atoms in total. The molecule has 0 atom stereocenters. The summed E-state index contributed by atoms with van der Waals surface area (Å²) in [4.78, 5) is 61.7. The van der Waals surface area contributed by atoms with Gasteiger partial charge in [-0.1, -0.05) is 12.2 Å². The fourth-order valence-corrected chi connectivity index (χ4v) is 6.88. The van der Waals surface area contributed by atoms with Crippen molar-refractivity contribution in [1.82, 2.24) is 38.7 Å². The van der Waals surface area contributed by atoms with E-state index in [-0.39, 0.29) is 55.1 Å². The molecule has 2 aromatic carbocycles. The number of aliphatic hydroxyl groups excluding tert-OH is 1.